The maximum atomic E-state index is 9.28. The maximum absolute atomic E-state index is 9.28. The number of aryl methyl sites for hydroxylation is 1. The van der Waals surface area contributed by atoms with Gasteiger partial charge in [0.15, 0.2) is 8.56 Å². The number of benzene rings is 1. The molecule has 0 aromatic heterocycles. The van der Waals surface area contributed by atoms with Crippen LogP contribution in [0.5, 0.6) is 0 Å². The summed E-state index contributed by atoms with van der Waals surface area (Å²) in [6.07, 6.45) is 0. The first-order valence-electron chi connectivity index (χ1n) is 3.92. The zero-order valence-electron chi connectivity index (χ0n) is 7.04. The zero-order valence-corrected chi connectivity index (χ0v) is 10.2. The summed E-state index contributed by atoms with van der Waals surface area (Å²) in [5, 5.41) is 0. The first kappa shape index (κ1) is 8.71. The van der Waals surface area contributed by atoms with E-state index in [2.05, 4.69) is 31.2 Å². The van der Waals surface area contributed by atoms with Crippen LogP contribution in [0.3, 0.4) is 0 Å². The highest BCUT2D eigenvalue weighted by Crippen LogP contribution is 2.03. The second kappa shape index (κ2) is 3.85. The van der Waals surface area contributed by atoms with E-state index in [1.54, 1.807) is 0 Å². The third-order valence-corrected chi connectivity index (χ3v) is 3.94. The lowest BCUT2D eigenvalue weighted by atomic mass is 10.2. The van der Waals surface area contributed by atoms with Crippen molar-refractivity contribution in [3.05, 3.63) is 35.4 Å². The quantitative estimate of drug-likeness (QED) is 0.620. The smallest absolute Gasteiger partial charge is 0.153 e. The molecule has 1 unspecified atom stereocenters. The van der Waals surface area contributed by atoms with Gasteiger partial charge in [-0.1, -0.05) is 29.8 Å². The van der Waals surface area contributed by atoms with Crippen LogP contribution in [0.4, 0.5) is 0 Å². The van der Waals surface area contributed by atoms with E-state index >= 15 is 0 Å². The molecule has 1 N–H and O–H groups in total. The Hall–Kier alpha value is -0.386. The van der Waals surface area contributed by atoms with Crippen LogP contribution in [-0.2, 0) is 6.04 Å². The van der Waals surface area contributed by atoms with Gasteiger partial charge in [0.25, 0.3) is 0 Å². The molecule has 0 amide bonds. The van der Waals surface area contributed by atoms with E-state index in [0.717, 1.165) is 15.8 Å². The van der Waals surface area contributed by atoms with Gasteiger partial charge in [-0.15, -0.1) is 0 Å². The molecule has 0 radical (unpaired) electrons. The van der Waals surface area contributed by atoms with E-state index in [1.165, 1.54) is 11.1 Å². The van der Waals surface area contributed by atoms with Gasteiger partial charge >= 0.3 is 0 Å². The largest absolute Gasteiger partial charge is 0.438 e. The average Bonchev–Trinajstić information content (AvgIpc) is 1.93. The van der Waals surface area contributed by atoms with Crippen molar-refractivity contribution in [1.82, 2.24) is 0 Å². The van der Waals surface area contributed by atoms with Crippen LogP contribution < -0.4 is 0 Å². The lowest BCUT2D eigenvalue weighted by molar-refractivity contribution is 0.591. The Balaban J connectivity index is 2.66. The molecular formula is C8H14OSi2. The minimum absolute atomic E-state index is 0.951. The highest BCUT2D eigenvalue weighted by atomic mass is 29.2. The SMILES string of the molecule is Cc1ccc(C[SiH](O)[SiH3])cc1. The molecule has 1 aromatic carbocycles. The van der Waals surface area contributed by atoms with Crippen molar-refractivity contribution >= 4 is 18.3 Å². The first-order valence-corrected chi connectivity index (χ1v) is 9.87. The van der Waals surface area contributed by atoms with Crippen LogP contribution in [0.15, 0.2) is 24.3 Å². The monoisotopic (exact) mass is 182 g/mol. The molecule has 0 aliphatic heterocycles. The van der Waals surface area contributed by atoms with Gasteiger partial charge in [-0.05, 0) is 18.5 Å². The molecular weight excluding hydrogens is 168 g/mol. The van der Waals surface area contributed by atoms with Gasteiger partial charge in [-0.3, -0.25) is 0 Å². The fourth-order valence-corrected chi connectivity index (χ4v) is 3.43. The Labute approximate surface area is 72.0 Å². The van der Waals surface area contributed by atoms with Gasteiger partial charge in [-0.2, -0.15) is 0 Å². The molecule has 1 rings (SSSR count). The van der Waals surface area contributed by atoms with Crippen molar-refractivity contribution in [2.75, 3.05) is 0 Å². The summed E-state index contributed by atoms with van der Waals surface area (Å²) in [7, 11) is -0.278. The molecule has 0 aliphatic rings. The number of rotatable bonds is 2. The van der Waals surface area contributed by atoms with Crippen LogP contribution in [0.1, 0.15) is 11.1 Å². The summed E-state index contributed by atoms with van der Waals surface area (Å²) in [6, 6.07) is 9.39. The van der Waals surface area contributed by atoms with E-state index in [1.807, 2.05) is 0 Å². The molecule has 0 heterocycles. The Bertz CT molecular complexity index is 218. The van der Waals surface area contributed by atoms with E-state index in [0.29, 0.717) is 0 Å². The molecule has 60 valence electrons. The number of hydrogen-bond acceptors (Lipinski definition) is 1. The summed E-state index contributed by atoms with van der Waals surface area (Å²) in [5.41, 5.74) is 2.59. The highest BCUT2D eigenvalue weighted by Gasteiger charge is 1.99. The van der Waals surface area contributed by atoms with Crippen molar-refractivity contribution in [2.24, 2.45) is 0 Å². The van der Waals surface area contributed by atoms with Gasteiger partial charge in [0.05, 0.1) is 0 Å². The van der Waals surface area contributed by atoms with E-state index in [-0.39, 0.29) is 0 Å². The van der Waals surface area contributed by atoms with Crippen molar-refractivity contribution in [2.45, 2.75) is 13.0 Å². The van der Waals surface area contributed by atoms with Crippen LogP contribution >= 0.6 is 0 Å². The highest BCUT2D eigenvalue weighted by molar-refractivity contribution is 6.98. The molecule has 0 bridgehead atoms. The maximum Gasteiger partial charge on any atom is 0.153 e. The third-order valence-electron chi connectivity index (χ3n) is 1.65. The molecule has 0 saturated heterocycles. The molecule has 0 fully saturated rings. The fourth-order valence-electron chi connectivity index (χ4n) is 1.07. The minimum Gasteiger partial charge on any atom is -0.438 e. The van der Waals surface area contributed by atoms with Crippen LogP contribution in [0.2, 0.25) is 0 Å². The Morgan fingerprint density at radius 1 is 1.36 bits per heavy atom. The summed E-state index contributed by atoms with van der Waals surface area (Å²) in [5.74, 6) is 0. The van der Waals surface area contributed by atoms with Crippen molar-refractivity contribution in [1.29, 1.82) is 0 Å². The standard InChI is InChI=1S/C8H14OSi2/c1-7-2-4-8(5-3-7)6-11(9)10/h2-5,9,11H,6H2,1,10H3. The zero-order chi connectivity index (χ0) is 8.27. The van der Waals surface area contributed by atoms with Crippen LogP contribution in [-0.4, -0.2) is 23.1 Å². The Morgan fingerprint density at radius 3 is 2.36 bits per heavy atom. The number of hydrogen-bond donors (Lipinski definition) is 1. The van der Waals surface area contributed by atoms with E-state index in [4.69, 9.17) is 0 Å². The molecule has 0 aliphatic carbocycles. The molecule has 1 atom stereocenters. The second-order valence-corrected chi connectivity index (χ2v) is 9.14. The van der Waals surface area contributed by atoms with Crippen LogP contribution in [0.25, 0.3) is 0 Å². The van der Waals surface area contributed by atoms with Crippen LogP contribution in [0, 0.1) is 6.92 Å². The molecule has 1 nitrogen and oxygen atoms in total. The molecule has 3 heteroatoms. The Kier molecular flexibility index (Phi) is 3.05. The van der Waals surface area contributed by atoms with Crippen molar-refractivity contribution < 1.29 is 4.80 Å². The first-order chi connectivity index (χ1) is 5.18. The predicted octanol–water partition coefficient (Wildman–Crippen LogP) is -0.345. The third kappa shape index (κ3) is 3.01. The van der Waals surface area contributed by atoms with Gasteiger partial charge in [-0.25, -0.2) is 0 Å². The minimum atomic E-state index is -1.27. The molecule has 11 heavy (non-hydrogen) atoms. The lowest BCUT2D eigenvalue weighted by Gasteiger charge is -2.02. The average molecular weight is 182 g/mol. The van der Waals surface area contributed by atoms with Gasteiger partial charge < -0.3 is 4.80 Å². The van der Waals surface area contributed by atoms with Crippen molar-refractivity contribution in [3.8, 4) is 0 Å². The van der Waals surface area contributed by atoms with Crippen molar-refractivity contribution in [3.63, 3.8) is 0 Å². The molecule has 1 aromatic rings. The summed E-state index contributed by atoms with van der Waals surface area (Å²) in [4.78, 5) is 9.28. The summed E-state index contributed by atoms with van der Waals surface area (Å²) < 4.78 is 0. The predicted molar refractivity (Wildman–Crippen MR) is 54.2 cm³/mol. The van der Waals surface area contributed by atoms with E-state index < -0.39 is 8.56 Å². The molecule has 0 spiro atoms. The second-order valence-electron chi connectivity index (χ2n) is 3.04. The lowest BCUT2D eigenvalue weighted by Crippen LogP contribution is -2.16. The summed E-state index contributed by atoms with van der Waals surface area (Å²) >= 11 is 0. The topological polar surface area (TPSA) is 20.2 Å². The van der Waals surface area contributed by atoms with E-state index in [9.17, 15) is 4.80 Å². The summed E-state index contributed by atoms with van der Waals surface area (Å²) in [6.45, 7) is 2.08. The fraction of sp³-hybridized carbons (Fsp3) is 0.250. The van der Waals surface area contributed by atoms with Gasteiger partial charge in [0.2, 0.25) is 0 Å². The van der Waals surface area contributed by atoms with Gasteiger partial charge in [0.1, 0.15) is 0 Å². The normalized spacial score (nSPS) is 13.3. The van der Waals surface area contributed by atoms with Gasteiger partial charge in [0, 0.05) is 9.76 Å². The molecule has 0 saturated carbocycles. The Morgan fingerprint density at radius 2 is 1.91 bits per heavy atom.